The predicted molar refractivity (Wildman–Crippen MR) is 89.7 cm³/mol. The fourth-order valence-corrected chi connectivity index (χ4v) is 4.98. The molecule has 0 unspecified atom stereocenters. The van der Waals surface area contributed by atoms with Crippen LogP contribution in [0.1, 0.15) is 18.6 Å². The van der Waals surface area contributed by atoms with Crippen molar-refractivity contribution in [2.45, 2.75) is 24.5 Å². The van der Waals surface area contributed by atoms with Gasteiger partial charge in [0, 0.05) is 13.1 Å². The lowest BCUT2D eigenvalue weighted by Gasteiger charge is -2.12. The lowest BCUT2D eigenvalue weighted by molar-refractivity contribution is 0.383. The van der Waals surface area contributed by atoms with Crippen molar-refractivity contribution >= 4 is 31.6 Å². The summed E-state index contributed by atoms with van der Waals surface area (Å²) in [4.78, 5) is 17.3. The zero-order chi connectivity index (χ0) is 16.7. The Bertz CT molecular complexity index is 1040. The van der Waals surface area contributed by atoms with Crippen LogP contribution in [0.2, 0.25) is 0 Å². The molecule has 1 aliphatic heterocycles. The molecular formula is C15H15N3O4S2. The summed E-state index contributed by atoms with van der Waals surface area (Å²) in [6.45, 7) is 1.19. The van der Waals surface area contributed by atoms with Gasteiger partial charge in [-0.1, -0.05) is 0 Å². The normalized spacial score (nSPS) is 16.2. The van der Waals surface area contributed by atoms with Gasteiger partial charge in [0.15, 0.2) is 0 Å². The fraction of sp³-hybridized carbons (Fsp3) is 0.333. The van der Waals surface area contributed by atoms with E-state index in [-0.39, 0.29) is 17.2 Å². The molecule has 0 aromatic carbocycles. The van der Waals surface area contributed by atoms with E-state index in [1.54, 1.807) is 12.1 Å². The average molecular weight is 365 g/mol. The zero-order valence-electron chi connectivity index (χ0n) is 12.7. The van der Waals surface area contributed by atoms with Crippen molar-refractivity contribution in [2.24, 2.45) is 0 Å². The summed E-state index contributed by atoms with van der Waals surface area (Å²) < 4.78 is 33.3. The summed E-state index contributed by atoms with van der Waals surface area (Å²) in [6, 6.07) is 4.77. The number of hydrogen-bond donors (Lipinski definition) is 0. The highest BCUT2D eigenvalue weighted by atomic mass is 32.2. The molecule has 126 valence electrons. The van der Waals surface area contributed by atoms with E-state index in [2.05, 4.69) is 4.98 Å². The van der Waals surface area contributed by atoms with E-state index in [4.69, 9.17) is 4.42 Å². The number of sulfonamides is 1. The molecule has 0 atom stereocenters. The molecule has 1 fully saturated rings. The average Bonchev–Trinajstić information content (AvgIpc) is 3.31. The zero-order valence-corrected chi connectivity index (χ0v) is 14.3. The highest BCUT2D eigenvalue weighted by Crippen LogP contribution is 2.23. The van der Waals surface area contributed by atoms with E-state index in [0.29, 0.717) is 29.1 Å². The second-order valence-corrected chi connectivity index (χ2v) is 8.41. The molecule has 0 radical (unpaired) electrons. The molecule has 3 aromatic heterocycles. The third kappa shape index (κ3) is 2.58. The van der Waals surface area contributed by atoms with Gasteiger partial charge >= 0.3 is 0 Å². The Hall–Kier alpha value is -1.97. The van der Waals surface area contributed by atoms with Gasteiger partial charge in [-0.25, -0.2) is 13.4 Å². The van der Waals surface area contributed by atoms with Crippen molar-refractivity contribution in [3.05, 3.63) is 46.0 Å². The first-order chi connectivity index (χ1) is 11.6. The predicted octanol–water partition coefficient (Wildman–Crippen LogP) is 1.88. The number of hydrogen-bond acceptors (Lipinski definition) is 6. The van der Waals surface area contributed by atoms with Crippen molar-refractivity contribution in [1.29, 1.82) is 0 Å². The van der Waals surface area contributed by atoms with Gasteiger partial charge < -0.3 is 4.42 Å². The van der Waals surface area contributed by atoms with Crippen LogP contribution in [0.25, 0.3) is 10.2 Å². The molecule has 0 spiro atoms. The minimum atomic E-state index is -3.58. The molecule has 4 rings (SSSR count). The second-order valence-electron chi connectivity index (χ2n) is 5.65. The second kappa shape index (κ2) is 5.83. The molecule has 0 amide bonds. The van der Waals surface area contributed by atoms with Crippen LogP contribution in [0.4, 0.5) is 0 Å². The minimum absolute atomic E-state index is 0.0722. The molecular weight excluding hydrogens is 350 g/mol. The van der Waals surface area contributed by atoms with Crippen LogP contribution < -0.4 is 5.56 Å². The first kappa shape index (κ1) is 15.6. The number of nitrogens with zero attached hydrogens (tertiary/aromatic N) is 3. The SMILES string of the molecule is O=c1c2ccsc2ncn1Cc1ccc(S(=O)(=O)N2CCCC2)o1. The Balaban J connectivity index is 1.63. The minimum Gasteiger partial charge on any atom is -0.446 e. The van der Waals surface area contributed by atoms with Crippen molar-refractivity contribution in [3.8, 4) is 0 Å². The lowest BCUT2D eigenvalue weighted by Crippen LogP contribution is -2.27. The summed E-state index contributed by atoms with van der Waals surface area (Å²) in [5.74, 6) is 0.409. The van der Waals surface area contributed by atoms with E-state index >= 15 is 0 Å². The smallest absolute Gasteiger partial charge is 0.276 e. The van der Waals surface area contributed by atoms with Gasteiger partial charge in [0.05, 0.1) is 18.3 Å². The lowest BCUT2D eigenvalue weighted by atomic mass is 10.4. The Morgan fingerprint density at radius 3 is 2.79 bits per heavy atom. The molecule has 0 bridgehead atoms. The van der Waals surface area contributed by atoms with E-state index in [0.717, 1.165) is 12.8 Å². The summed E-state index contributed by atoms with van der Waals surface area (Å²) in [5, 5.41) is 2.30. The molecule has 9 heteroatoms. The van der Waals surface area contributed by atoms with E-state index in [9.17, 15) is 13.2 Å². The number of fused-ring (bicyclic) bond motifs is 1. The van der Waals surface area contributed by atoms with Crippen molar-refractivity contribution in [2.75, 3.05) is 13.1 Å². The summed E-state index contributed by atoms with van der Waals surface area (Å²) in [6.07, 6.45) is 3.20. The van der Waals surface area contributed by atoms with Crippen LogP contribution in [-0.2, 0) is 16.6 Å². The quantitative estimate of drug-likeness (QED) is 0.705. The van der Waals surface area contributed by atoms with Gasteiger partial charge in [-0.15, -0.1) is 11.3 Å². The molecule has 7 nitrogen and oxygen atoms in total. The van der Waals surface area contributed by atoms with Crippen molar-refractivity contribution in [3.63, 3.8) is 0 Å². The molecule has 3 aromatic rings. The highest BCUT2D eigenvalue weighted by Gasteiger charge is 2.29. The Morgan fingerprint density at radius 1 is 1.21 bits per heavy atom. The number of thiophene rings is 1. The summed E-state index contributed by atoms with van der Waals surface area (Å²) in [5.41, 5.74) is -0.165. The van der Waals surface area contributed by atoms with Crippen LogP contribution in [0.3, 0.4) is 0 Å². The first-order valence-electron chi connectivity index (χ1n) is 7.57. The van der Waals surface area contributed by atoms with E-state index in [1.807, 2.05) is 5.38 Å². The van der Waals surface area contributed by atoms with Crippen molar-refractivity contribution < 1.29 is 12.8 Å². The van der Waals surface area contributed by atoms with Gasteiger partial charge in [0.2, 0.25) is 5.09 Å². The maximum atomic E-state index is 12.5. The largest absolute Gasteiger partial charge is 0.446 e. The molecule has 24 heavy (non-hydrogen) atoms. The maximum absolute atomic E-state index is 12.5. The van der Waals surface area contributed by atoms with E-state index in [1.165, 1.54) is 32.6 Å². The molecule has 1 aliphatic rings. The number of rotatable bonds is 4. The van der Waals surface area contributed by atoms with Crippen molar-refractivity contribution in [1.82, 2.24) is 13.9 Å². The van der Waals surface area contributed by atoms with Gasteiger partial charge in [-0.3, -0.25) is 9.36 Å². The highest BCUT2D eigenvalue weighted by molar-refractivity contribution is 7.89. The standard InChI is InChI=1S/C15H15N3O4S2/c19-15-12-5-8-23-14(12)16-10-17(15)9-11-3-4-13(22-11)24(20,21)18-6-1-2-7-18/h3-5,8,10H,1-2,6-7,9H2. The first-order valence-corrected chi connectivity index (χ1v) is 9.89. The summed E-state index contributed by atoms with van der Waals surface area (Å²) in [7, 11) is -3.58. The van der Waals surface area contributed by atoms with Crippen LogP contribution >= 0.6 is 11.3 Å². The van der Waals surface area contributed by atoms with Gasteiger partial charge in [-0.05, 0) is 36.4 Å². The van der Waals surface area contributed by atoms with Gasteiger partial charge in [0.1, 0.15) is 10.6 Å². The van der Waals surface area contributed by atoms with Crippen LogP contribution in [0, 0.1) is 0 Å². The third-order valence-corrected chi connectivity index (χ3v) is 6.67. The fourth-order valence-electron chi connectivity index (χ4n) is 2.81. The van der Waals surface area contributed by atoms with Gasteiger partial charge in [0.25, 0.3) is 15.6 Å². The van der Waals surface area contributed by atoms with E-state index < -0.39 is 10.0 Å². The maximum Gasteiger partial charge on any atom is 0.276 e. The number of aromatic nitrogens is 2. The monoisotopic (exact) mass is 365 g/mol. The molecule has 0 saturated carbocycles. The van der Waals surface area contributed by atoms with Crippen LogP contribution in [0.5, 0.6) is 0 Å². The van der Waals surface area contributed by atoms with Crippen LogP contribution in [-0.4, -0.2) is 35.4 Å². The molecule has 0 aliphatic carbocycles. The molecule has 4 heterocycles. The Labute approximate surface area is 142 Å². The Kier molecular flexibility index (Phi) is 3.78. The topological polar surface area (TPSA) is 85.4 Å². The third-order valence-electron chi connectivity index (χ3n) is 4.07. The molecule has 1 saturated heterocycles. The van der Waals surface area contributed by atoms with Crippen LogP contribution in [0.15, 0.2) is 44.2 Å². The Morgan fingerprint density at radius 2 is 2.00 bits per heavy atom. The van der Waals surface area contributed by atoms with Gasteiger partial charge in [-0.2, -0.15) is 4.31 Å². The number of furan rings is 1. The molecule has 0 N–H and O–H groups in total. The summed E-state index contributed by atoms with van der Waals surface area (Å²) >= 11 is 1.41.